The molecule has 0 spiro atoms. The number of thiophene rings is 1. The van der Waals surface area contributed by atoms with Crippen molar-refractivity contribution in [2.24, 2.45) is 0 Å². The summed E-state index contributed by atoms with van der Waals surface area (Å²) >= 11 is 7.03. The smallest absolute Gasteiger partial charge is 0.231 e. The highest BCUT2D eigenvalue weighted by molar-refractivity contribution is 7.80. The molecule has 0 radical (unpaired) electrons. The van der Waals surface area contributed by atoms with Crippen molar-refractivity contribution in [3.8, 4) is 11.5 Å². The van der Waals surface area contributed by atoms with Gasteiger partial charge in [-0.15, -0.1) is 11.3 Å². The molecule has 1 aliphatic heterocycles. The minimum absolute atomic E-state index is 0.280. The van der Waals surface area contributed by atoms with Gasteiger partial charge in [-0.05, 0) is 42.2 Å². The molecular weight excluding hydrogens is 292 g/mol. The van der Waals surface area contributed by atoms with Gasteiger partial charge in [0.25, 0.3) is 0 Å². The van der Waals surface area contributed by atoms with Crippen LogP contribution in [0.1, 0.15) is 4.88 Å². The fourth-order valence-corrected chi connectivity index (χ4v) is 2.83. The third-order valence-corrected chi connectivity index (χ3v) is 4.05. The molecule has 0 aliphatic carbocycles. The fraction of sp³-hybridized carbons (Fsp3) is 0.214. The van der Waals surface area contributed by atoms with Crippen LogP contribution in [-0.4, -0.2) is 18.5 Å². The highest BCUT2D eigenvalue weighted by Gasteiger charge is 2.13. The highest BCUT2D eigenvalue weighted by Crippen LogP contribution is 2.34. The van der Waals surface area contributed by atoms with Crippen molar-refractivity contribution in [3.63, 3.8) is 0 Å². The minimum atomic E-state index is 0.280. The van der Waals surface area contributed by atoms with Crippen molar-refractivity contribution in [1.29, 1.82) is 0 Å². The van der Waals surface area contributed by atoms with Crippen LogP contribution in [0.5, 0.6) is 11.5 Å². The SMILES string of the molecule is S=C(NCCc1cccs1)Nc1ccc2c(c1)OCO2. The molecule has 0 saturated heterocycles. The van der Waals surface area contributed by atoms with Crippen LogP contribution in [0.4, 0.5) is 5.69 Å². The van der Waals surface area contributed by atoms with Gasteiger partial charge >= 0.3 is 0 Å². The first-order valence-electron chi connectivity index (χ1n) is 6.28. The largest absolute Gasteiger partial charge is 0.454 e. The van der Waals surface area contributed by atoms with Gasteiger partial charge in [0.1, 0.15) is 0 Å². The van der Waals surface area contributed by atoms with E-state index in [1.54, 1.807) is 11.3 Å². The molecule has 1 aromatic heterocycles. The molecule has 1 aliphatic rings. The van der Waals surface area contributed by atoms with E-state index in [1.807, 2.05) is 18.2 Å². The number of ether oxygens (including phenoxy) is 2. The van der Waals surface area contributed by atoms with Crippen LogP contribution in [0, 0.1) is 0 Å². The molecule has 20 heavy (non-hydrogen) atoms. The Morgan fingerprint density at radius 1 is 1.25 bits per heavy atom. The highest BCUT2D eigenvalue weighted by atomic mass is 32.1. The predicted molar refractivity (Wildman–Crippen MR) is 84.8 cm³/mol. The number of benzene rings is 1. The molecule has 6 heteroatoms. The third-order valence-electron chi connectivity index (χ3n) is 2.87. The van der Waals surface area contributed by atoms with Gasteiger partial charge in [0.05, 0.1) is 0 Å². The normalized spacial score (nSPS) is 12.2. The minimum Gasteiger partial charge on any atom is -0.454 e. The van der Waals surface area contributed by atoms with E-state index in [0.29, 0.717) is 5.11 Å². The second kappa shape index (κ2) is 6.11. The second-order valence-corrected chi connectivity index (χ2v) is 5.72. The van der Waals surface area contributed by atoms with E-state index in [0.717, 1.165) is 30.2 Å². The summed E-state index contributed by atoms with van der Waals surface area (Å²) in [4.78, 5) is 1.35. The lowest BCUT2D eigenvalue weighted by Gasteiger charge is -2.10. The van der Waals surface area contributed by atoms with Crippen molar-refractivity contribution < 1.29 is 9.47 Å². The summed E-state index contributed by atoms with van der Waals surface area (Å²) in [7, 11) is 0. The monoisotopic (exact) mass is 306 g/mol. The van der Waals surface area contributed by atoms with Gasteiger partial charge in [-0.25, -0.2) is 0 Å². The van der Waals surface area contributed by atoms with Crippen LogP contribution in [0.25, 0.3) is 0 Å². The van der Waals surface area contributed by atoms with Gasteiger partial charge in [0.2, 0.25) is 6.79 Å². The van der Waals surface area contributed by atoms with Crippen LogP contribution in [0.3, 0.4) is 0 Å². The van der Waals surface area contributed by atoms with Crippen molar-refractivity contribution >= 4 is 34.4 Å². The Balaban J connectivity index is 1.49. The van der Waals surface area contributed by atoms with Crippen molar-refractivity contribution in [1.82, 2.24) is 5.32 Å². The number of fused-ring (bicyclic) bond motifs is 1. The number of thiocarbonyl (C=S) groups is 1. The molecule has 2 heterocycles. The van der Waals surface area contributed by atoms with E-state index in [2.05, 4.69) is 28.1 Å². The van der Waals surface area contributed by atoms with Gasteiger partial charge in [-0.2, -0.15) is 0 Å². The number of hydrogen-bond donors (Lipinski definition) is 2. The van der Waals surface area contributed by atoms with E-state index in [-0.39, 0.29) is 6.79 Å². The number of anilines is 1. The molecule has 1 aromatic carbocycles. The average molecular weight is 306 g/mol. The van der Waals surface area contributed by atoms with Gasteiger partial charge < -0.3 is 20.1 Å². The molecule has 0 bridgehead atoms. The third kappa shape index (κ3) is 3.20. The van der Waals surface area contributed by atoms with Gasteiger partial charge in [0, 0.05) is 23.2 Å². The van der Waals surface area contributed by atoms with E-state index < -0.39 is 0 Å². The van der Waals surface area contributed by atoms with Crippen LogP contribution in [0.2, 0.25) is 0 Å². The van der Waals surface area contributed by atoms with E-state index in [1.165, 1.54) is 4.88 Å². The first-order chi connectivity index (χ1) is 9.81. The molecule has 0 amide bonds. The molecule has 0 fully saturated rings. The Kier molecular flexibility index (Phi) is 4.03. The summed E-state index contributed by atoms with van der Waals surface area (Å²) in [6, 6.07) is 9.86. The first-order valence-corrected chi connectivity index (χ1v) is 7.57. The molecule has 2 aromatic rings. The van der Waals surface area contributed by atoms with Crippen molar-refractivity contribution in [2.45, 2.75) is 6.42 Å². The maximum atomic E-state index is 5.33. The Labute approximate surface area is 126 Å². The molecule has 0 unspecified atom stereocenters. The van der Waals surface area contributed by atoms with E-state index >= 15 is 0 Å². The summed E-state index contributed by atoms with van der Waals surface area (Å²) < 4.78 is 10.6. The number of hydrogen-bond acceptors (Lipinski definition) is 4. The van der Waals surface area contributed by atoms with Crippen molar-refractivity contribution in [3.05, 3.63) is 40.6 Å². The van der Waals surface area contributed by atoms with Crippen LogP contribution >= 0.6 is 23.6 Å². The Morgan fingerprint density at radius 3 is 3.00 bits per heavy atom. The van der Waals surface area contributed by atoms with Crippen molar-refractivity contribution in [2.75, 3.05) is 18.7 Å². The zero-order valence-corrected chi connectivity index (χ0v) is 12.4. The molecule has 4 nitrogen and oxygen atoms in total. The summed E-state index contributed by atoms with van der Waals surface area (Å²) in [5, 5.41) is 9.03. The molecule has 104 valence electrons. The standard InChI is InChI=1S/C14H14N2O2S2/c19-14(15-6-5-11-2-1-7-20-11)16-10-3-4-12-13(8-10)18-9-17-12/h1-4,7-8H,5-6,9H2,(H2,15,16,19). The summed E-state index contributed by atoms with van der Waals surface area (Å²) in [5.74, 6) is 1.52. The van der Waals surface area contributed by atoms with Gasteiger partial charge in [0.15, 0.2) is 16.6 Å². The topological polar surface area (TPSA) is 42.5 Å². The maximum Gasteiger partial charge on any atom is 0.231 e. The predicted octanol–water partition coefficient (Wildman–Crippen LogP) is 3.01. The second-order valence-electron chi connectivity index (χ2n) is 4.28. The zero-order chi connectivity index (χ0) is 13.8. The summed E-state index contributed by atoms with van der Waals surface area (Å²) in [6.45, 7) is 1.10. The molecule has 0 saturated carbocycles. The molecule has 3 rings (SSSR count). The lowest BCUT2D eigenvalue weighted by Crippen LogP contribution is -2.30. The van der Waals surface area contributed by atoms with Gasteiger partial charge in [-0.3, -0.25) is 0 Å². The number of nitrogens with one attached hydrogen (secondary N) is 2. The van der Waals surface area contributed by atoms with Crippen LogP contribution in [0.15, 0.2) is 35.7 Å². The Hall–Kier alpha value is -1.79. The zero-order valence-electron chi connectivity index (χ0n) is 10.7. The van der Waals surface area contributed by atoms with Crippen LogP contribution < -0.4 is 20.1 Å². The quantitative estimate of drug-likeness (QED) is 0.850. The van der Waals surface area contributed by atoms with E-state index in [9.17, 15) is 0 Å². The lowest BCUT2D eigenvalue weighted by molar-refractivity contribution is 0.174. The summed E-state index contributed by atoms with van der Waals surface area (Å²) in [5.41, 5.74) is 0.892. The lowest BCUT2D eigenvalue weighted by atomic mass is 10.3. The Morgan fingerprint density at radius 2 is 2.15 bits per heavy atom. The first kappa shape index (κ1) is 13.2. The molecular formula is C14H14N2O2S2. The molecule has 2 N–H and O–H groups in total. The summed E-state index contributed by atoms with van der Waals surface area (Å²) in [6.07, 6.45) is 0.973. The fourth-order valence-electron chi connectivity index (χ4n) is 1.90. The average Bonchev–Trinajstić information content (AvgIpc) is 3.08. The number of rotatable bonds is 4. The van der Waals surface area contributed by atoms with Gasteiger partial charge in [-0.1, -0.05) is 6.07 Å². The molecule has 0 atom stereocenters. The maximum absolute atomic E-state index is 5.33. The van der Waals surface area contributed by atoms with Crippen LogP contribution in [-0.2, 0) is 6.42 Å². The van der Waals surface area contributed by atoms with E-state index in [4.69, 9.17) is 21.7 Å². The Bertz CT molecular complexity index is 599.